The van der Waals surface area contributed by atoms with Gasteiger partial charge in [-0.1, -0.05) is 134 Å². The Kier molecular flexibility index (Phi) is 11.0. The van der Waals surface area contributed by atoms with Crippen LogP contribution in [0.5, 0.6) is 11.5 Å². The molecule has 0 heterocycles. The van der Waals surface area contributed by atoms with Crippen LogP contribution in [-0.2, 0) is 27.1 Å². The van der Waals surface area contributed by atoms with E-state index in [9.17, 15) is 10.2 Å². The summed E-state index contributed by atoms with van der Waals surface area (Å²) in [5.74, 6) is 0.929. The average Bonchev–Trinajstić information content (AvgIpc) is 2.66. The average molecular weight is 530 g/mol. The second kappa shape index (κ2) is 12.2. The van der Waals surface area contributed by atoms with Gasteiger partial charge in [-0.25, -0.2) is 0 Å². The van der Waals surface area contributed by atoms with Gasteiger partial charge in [0.2, 0.25) is 0 Å². The smallest absolute Gasteiger partial charge is 0.123 e. The molecule has 0 aliphatic heterocycles. The minimum Gasteiger partial charge on any atom is -0.507 e. The Morgan fingerprint density at radius 2 is 0.757 bits per heavy atom. The Bertz CT molecular complexity index is 987. The molecular weight excluding hydrogens is 470 g/mol. The molecule has 1 atom stereocenters. The Morgan fingerprint density at radius 1 is 0.541 bits per heavy atom. The van der Waals surface area contributed by atoms with Crippen LogP contribution in [0, 0.1) is 6.92 Å². The zero-order chi connectivity index (χ0) is 30.7. The van der Waals surface area contributed by atoms with Crippen molar-refractivity contribution in [1.82, 2.24) is 0 Å². The van der Waals surface area contributed by atoms with Gasteiger partial charge >= 0.3 is 0 Å². The zero-order valence-corrected chi connectivity index (χ0v) is 28.0. The van der Waals surface area contributed by atoms with Gasteiger partial charge in [0, 0.05) is 0 Å². The second-order valence-electron chi connectivity index (χ2n) is 15.4. The van der Waals surface area contributed by atoms with Crippen LogP contribution in [-0.4, -0.2) is 19.1 Å². The van der Waals surface area contributed by atoms with Crippen molar-refractivity contribution < 1.29 is 10.2 Å². The third-order valence-corrected chi connectivity index (χ3v) is 6.46. The van der Waals surface area contributed by atoms with Gasteiger partial charge in [-0.15, -0.1) is 0 Å². The highest BCUT2D eigenvalue weighted by atomic mass is 31.0. The molecule has 0 saturated heterocycles. The lowest BCUT2D eigenvalue weighted by atomic mass is 9.75. The van der Waals surface area contributed by atoms with E-state index >= 15 is 0 Å². The van der Waals surface area contributed by atoms with E-state index in [1.54, 1.807) is 0 Å². The van der Waals surface area contributed by atoms with Crippen LogP contribution in [0.15, 0.2) is 24.3 Å². The molecule has 0 saturated carbocycles. The SMILES string of the molecule is CC(C)(C)c1cc(C(C)(C)C)c(O)c(C(C)(C)C)c1.Cc1cc(C(C)(C)C)c(O)c(C(C)(C)C)c1.[3H][B]P. The van der Waals surface area contributed by atoms with Crippen LogP contribution < -0.4 is 0 Å². The number of aryl methyl sites for hydroxylation is 1. The van der Waals surface area contributed by atoms with Crippen LogP contribution in [0.4, 0.5) is 0 Å². The Labute approximate surface area is 235 Å². The molecule has 0 spiro atoms. The van der Waals surface area contributed by atoms with E-state index in [-0.39, 0.29) is 27.1 Å². The maximum absolute atomic E-state index is 10.7. The molecule has 2 aromatic carbocycles. The monoisotopic (exact) mass is 529 g/mol. The van der Waals surface area contributed by atoms with Crippen LogP contribution in [0.25, 0.3) is 0 Å². The quantitative estimate of drug-likeness (QED) is 0.264. The molecule has 1 radical (unpaired) electrons. The van der Waals surface area contributed by atoms with Gasteiger partial charge in [0.25, 0.3) is 0 Å². The first-order valence-electron chi connectivity index (χ1n) is 13.9. The van der Waals surface area contributed by atoms with Crippen molar-refractivity contribution in [2.75, 3.05) is 0 Å². The fraction of sp³-hybridized carbons (Fsp3) is 0.636. The van der Waals surface area contributed by atoms with Gasteiger partial charge in [-0.2, -0.15) is 9.12 Å². The summed E-state index contributed by atoms with van der Waals surface area (Å²) in [4.78, 5) is 0. The maximum atomic E-state index is 10.7. The van der Waals surface area contributed by atoms with Crippen molar-refractivity contribution in [3.63, 3.8) is 0 Å². The maximum Gasteiger partial charge on any atom is 0.123 e. The number of hydrogen-bond acceptors (Lipinski definition) is 2. The first-order chi connectivity index (χ1) is 16.7. The fourth-order valence-electron chi connectivity index (χ4n) is 4.13. The molecule has 0 aliphatic carbocycles. The van der Waals surface area contributed by atoms with Crippen LogP contribution in [0.1, 0.15) is 137 Å². The highest BCUT2D eigenvalue weighted by Crippen LogP contribution is 2.42. The van der Waals surface area contributed by atoms with Crippen molar-refractivity contribution in [3.8, 4) is 11.5 Å². The number of rotatable bonds is 0. The molecule has 4 heteroatoms. The number of phenolic OH excluding ortho intramolecular Hbond substituents is 2. The van der Waals surface area contributed by atoms with E-state index in [1.165, 1.54) is 18.7 Å². The van der Waals surface area contributed by atoms with Gasteiger partial charge < -0.3 is 10.2 Å². The first kappa shape index (κ1) is 33.6. The third-order valence-electron chi connectivity index (χ3n) is 6.46. The van der Waals surface area contributed by atoms with Gasteiger partial charge in [-0.05, 0) is 63.2 Å². The van der Waals surface area contributed by atoms with Gasteiger partial charge in [0.15, 0.2) is 0 Å². The van der Waals surface area contributed by atoms with Crippen LogP contribution >= 0.6 is 9.12 Å². The molecule has 0 aliphatic rings. The fourth-order valence-corrected chi connectivity index (χ4v) is 4.13. The summed E-state index contributed by atoms with van der Waals surface area (Å²) in [5, 5.41) is 21.0. The number of hydrogen-bond donors (Lipinski definition) is 2. The molecule has 1 unspecified atom stereocenters. The predicted octanol–water partition coefficient (Wildman–Crippen LogP) is 9.26. The van der Waals surface area contributed by atoms with Gasteiger partial charge in [0.05, 0.1) is 0 Å². The van der Waals surface area contributed by atoms with E-state index in [2.05, 4.69) is 144 Å². The lowest BCUT2D eigenvalue weighted by Gasteiger charge is -2.31. The molecule has 37 heavy (non-hydrogen) atoms. The zero-order valence-electron chi connectivity index (χ0n) is 27.9. The molecular formula is C33H57BO2P. The summed E-state index contributed by atoms with van der Waals surface area (Å²) in [6.45, 7) is 34.5. The summed E-state index contributed by atoms with van der Waals surface area (Å²) in [6.07, 6.45) is 0. The summed E-state index contributed by atoms with van der Waals surface area (Å²) >= 11 is 0. The second-order valence-corrected chi connectivity index (χ2v) is 15.4. The number of phenols is 2. The third kappa shape index (κ3) is 9.98. The van der Waals surface area contributed by atoms with Crippen molar-refractivity contribution in [3.05, 3.63) is 57.6 Å². The molecule has 2 nitrogen and oxygen atoms in total. The Balaban J connectivity index is 0.000000660. The van der Waals surface area contributed by atoms with E-state index in [4.69, 9.17) is 1.34 Å². The van der Waals surface area contributed by atoms with Crippen LogP contribution in [0.3, 0.4) is 0 Å². The highest BCUT2D eigenvalue weighted by molar-refractivity contribution is 7.49. The Morgan fingerprint density at radius 3 is 0.946 bits per heavy atom. The Hall–Kier alpha value is -1.47. The van der Waals surface area contributed by atoms with Crippen molar-refractivity contribution in [2.24, 2.45) is 0 Å². The largest absolute Gasteiger partial charge is 0.507 e. The normalized spacial score (nSPS) is 13.1. The molecule has 0 fully saturated rings. The van der Waals surface area contributed by atoms with E-state index in [1.807, 2.05) is 0 Å². The number of benzene rings is 2. The highest BCUT2D eigenvalue weighted by Gasteiger charge is 2.29. The molecule has 0 amide bonds. The first-order valence-corrected chi connectivity index (χ1v) is 14.0. The molecule has 209 valence electrons. The standard InChI is InChI=1S/C18H30O.C15H24O.BH3P/c1-16(2,3)12-10-13(17(4,5)6)15(19)14(11-12)18(7,8)9;1-10-8-11(14(2,3)4)13(16)12(9-10)15(5,6)7;1-2/h10-11,19H,1-9H3;8-9,16H,1-7H3;1H,2H2/i;;1T. The topological polar surface area (TPSA) is 40.5 Å². The lowest BCUT2D eigenvalue weighted by molar-refractivity contribution is 0.420. The van der Waals surface area contributed by atoms with Crippen LogP contribution in [0.2, 0.25) is 0 Å². The molecule has 2 rings (SSSR count). The van der Waals surface area contributed by atoms with E-state index in [0.29, 0.717) is 11.5 Å². The minimum absolute atomic E-state index is 0.0178. The van der Waals surface area contributed by atoms with E-state index in [0.717, 1.165) is 22.3 Å². The van der Waals surface area contributed by atoms with Crippen molar-refractivity contribution in [1.29, 1.82) is 1.34 Å². The minimum atomic E-state index is -0.0503. The summed E-state index contributed by atoms with van der Waals surface area (Å²) in [7, 11) is 3.29. The summed E-state index contributed by atoms with van der Waals surface area (Å²) in [6, 6.07) is 8.52. The predicted molar refractivity (Wildman–Crippen MR) is 171 cm³/mol. The van der Waals surface area contributed by atoms with Gasteiger partial charge in [-0.3, -0.25) is 0 Å². The molecule has 0 bridgehead atoms. The molecule has 2 N–H and O–H groups in total. The number of aromatic hydroxyl groups is 2. The molecule has 0 aromatic heterocycles. The van der Waals surface area contributed by atoms with E-state index < -0.39 is 0 Å². The lowest BCUT2D eigenvalue weighted by Crippen LogP contribution is -2.21. The summed E-state index contributed by atoms with van der Waals surface area (Å²) in [5.41, 5.74) is 6.63. The molecule has 2 aromatic rings. The van der Waals surface area contributed by atoms with Crippen molar-refractivity contribution in [2.45, 2.75) is 138 Å². The van der Waals surface area contributed by atoms with Gasteiger partial charge in [0.1, 0.15) is 19.0 Å². The van der Waals surface area contributed by atoms with Crippen molar-refractivity contribution >= 4 is 16.6 Å². The summed E-state index contributed by atoms with van der Waals surface area (Å²) < 4.78 is 6.05.